The van der Waals surface area contributed by atoms with Crippen LogP contribution < -0.4 is 5.32 Å². The lowest BCUT2D eigenvalue weighted by molar-refractivity contribution is -0.122. The van der Waals surface area contributed by atoms with E-state index in [1.807, 2.05) is 20.8 Å². The van der Waals surface area contributed by atoms with Gasteiger partial charge in [0.15, 0.2) is 0 Å². The smallest absolute Gasteiger partial charge is 0.235 e. The SMILES string of the molecule is CCCS(=O)(=O)N(C)CC(=O)NC(C)(C)C. The molecule has 0 spiro atoms. The Balaban J connectivity index is 4.36. The van der Waals surface area contributed by atoms with Crippen molar-refractivity contribution in [3.05, 3.63) is 0 Å². The third-order valence-electron chi connectivity index (χ3n) is 1.82. The highest BCUT2D eigenvalue weighted by Gasteiger charge is 2.21. The maximum atomic E-state index is 11.6. The molecule has 0 aliphatic rings. The Bertz CT molecular complexity index is 330. The highest BCUT2D eigenvalue weighted by atomic mass is 32.2. The molecular weight excluding hydrogens is 228 g/mol. The molecular formula is C10H22N2O3S. The molecule has 0 aromatic carbocycles. The van der Waals surface area contributed by atoms with E-state index in [4.69, 9.17) is 0 Å². The molecule has 0 fully saturated rings. The molecule has 0 rings (SSSR count). The van der Waals surface area contributed by atoms with E-state index >= 15 is 0 Å². The van der Waals surface area contributed by atoms with Crippen LogP contribution in [0.5, 0.6) is 0 Å². The molecule has 0 bridgehead atoms. The molecule has 0 atom stereocenters. The zero-order valence-corrected chi connectivity index (χ0v) is 11.5. The van der Waals surface area contributed by atoms with Gasteiger partial charge in [-0.2, -0.15) is 4.31 Å². The van der Waals surface area contributed by atoms with Crippen molar-refractivity contribution in [2.45, 2.75) is 39.7 Å². The van der Waals surface area contributed by atoms with E-state index in [2.05, 4.69) is 5.32 Å². The highest BCUT2D eigenvalue weighted by Crippen LogP contribution is 2.02. The monoisotopic (exact) mass is 250 g/mol. The molecule has 5 nitrogen and oxygen atoms in total. The standard InChI is InChI=1S/C10H22N2O3S/c1-6-7-16(14,15)12(5)8-9(13)11-10(2,3)4/h6-8H2,1-5H3,(H,11,13). The molecule has 16 heavy (non-hydrogen) atoms. The maximum Gasteiger partial charge on any atom is 0.235 e. The molecule has 0 saturated carbocycles. The summed E-state index contributed by atoms with van der Waals surface area (Å²) in [5.74, 6) is -0.207. The van der Waals surface area contributed by atoms with Crippen LogP contribution in [0.1, 0.15) is 34.1 Å². The molecule has 0 saturated heterocycles. The van der Waals surface area contributed by atoms with E-state index in [9.17, 15) is 13.2 Å². The van der Waals surface area contributed by atoms with Gasteiger partial charge in [0, 0.05) is 12.6 Å². The molecule has 96 valence electrons. The van der Waals surface area contributed by atoms with E-state index < -0.39 is 10.0 Å². The Morgan fingerprint density at radius 1 is 1.31 bits per heavy atom. The highest BCUT2D eigenvalue weighted by molar-refractivity contribution is 7.89. The number of carbonyl (C=O) groups is 1. The number of hydrogen-bond acceptors (Lipinski definition) is 3. The first-order valence-corrected chi connectivity index (χ1v) is 6.94. The van der Waals surface area contributed by atoms with Crippen molar-refractivity contribution in [3.8, 4) is 0 Å². The number of carbonyl (C=O) groups excluding carboxylic acids is 1. The van der Waals surface area contributed by atoms with Crippen molar-refractivity contribution >= 4 is 15.9 Å². The summed E-state index contributed by atoms with van der Waals surface area (Å²) < 4.78 is 24.2. The van der Waals surface area contributed by atoms with Gasteiger partial charge in [-0.05, 0) is 27.2 Å². The first kappa shape index (κ1) is 15.4. The van der Waals surface area contributed by atoms with E-state index in [0.717, 1.165) is 4.31 Å². The minimum atomic E-state index is -3.29. The molecule has 0 heterocycles. The zero-order valence-electron chi connectivity index (χ0n) is 10.7. The van der Waals surface area contributed by atoms with Gasteiger partial charge in [-0.25, -0.2) is 8.42 Å². The molecule has 1 N–H and O–H groups in total. The minimum absolute atomic E-state index is 0.0757. The largest absolute Gasteiger partial charge is 0.350 e. The Kier molecular flexibility index (Phi) is 5.41. The Morgan fingerprint density at radius 2 is 1.81 bits per heavy atom. The van der Waals surface area contributed by atoms with Crippen LogP contribution in [0.2, 0.25) is 0 Å². The average molecular weight is 250 g/mol. The second-order valence-electron chi connectivity index (χ2n) is 4.87. The summed E-state index contributed by atoms with van der Waals surface area (Å²) in [6, 6.07) is 0. The lowest BCUT2D eigenvalue weighted by atomic mass is 10.1. The first-order chi connectivity index (χ1) is 7.08. The second-order valence-corrected chi connectivity index (χ2v) is 7.07. The van der Waals surface area contributed by atoms with Crippen molar-refractivity contribution in [2.24, 2.45) is 0 Å². The summed E-state index contributed by atoms with van der Waals surface area (Å²) in [5, 5.41) is 2.72. The molecule has 0 aromatic heterocycles. The van der Waals surface area contributed by atoms with E-state index in [0.29, 0.717) is 6.42 Å². The number of amides is 1. The summed E-state index contributed by atoms with van der Waals surface area (Å²) >= 11 is 0. The molecule has 0 aliphatic heterocycles. The number of nitrogens with zero attached hydrogens (tertiary/aromatic N) is 1. The van der Waals surface area contributed by atoms with E-state index in [-0.39, 0.29) is 23.7 Å². The lowest BCUT2D eigenvalue weighted by Gasteiger charge is -2.23. The summed E-state index contributed by atoms with van der Waals surface area (Å²) in [4.78, 5) is 11.5. The average Bonchev–Trinajstić information content (AvgIpc) is 1.99. The number of likely N-dealkylation sites (N-methyl/N-ethyl adjacent to an activating group) is 1. The number of rotatable bonds is 5. The Morgan fingerprint density at radius 3 is 2.19 bits per heavy atom. The van der Waals surface area contributed by atoms with Gasteiger partial charge < -0.3 is 5.32 Å². The van der Waals surface area contributed by atoms with Crippen LogP contribution in [0.15, 0.2) is 0 Å². The van der Waals surface area contributed by atoms with E-state index in [1.54, 1.807) is 6.92 Å². The van der Waals surface area contributed by atoms with Crippen molar-refractivity contribution in [3.63, 3.8) is 0 Å². The second kappa shape index (κ2) is 5.63. The van der Waals surface area contributed by atoms with Gasteiger partial charge in [0.25, 0.3) is 0 Å². The van der Waals surface area contributed by atoms with Crippen LogP contribution in [0, 0.1) is 0 Å². The fourth-order valence-corrected chi connectivity index (χ4v) is 2.31. The molecule has 1 amide bonds. The van der Waals surface area contributed by atoms with Gasteiger partial charge >= 0.3 is 0 Å². The number of nitrogens with one attached hydrogen (secondary N) is 1. The van der Waals surface area contributed by atoms with Crippen molar-refractivity contribution in [1.29, 1.82) is 0 Å². The fraction of sp³-hybridized carbons (Fsp3) is 0.900. The first-order valence-electron chi connectivity index (χ1n) is 5.33. The van der Waals surface area contributed by atoms with Crippen LogP contribution in [0.25, 0.3) is 0 Å². The quantitative estimate of drug-likeness (QED) is 0.776. The van der Waals surface area contributed by atoms with Gasteiger partial charge in [-0.15, -0.1) is 0 Å². The van der Waals surface area contributed by atoms with Crippen molar-refractivity contribution in [1.82, 2.24) is 9.62 Å². The van der Waals surface area contributed by atoms with Crippen LogP contribution in [0.3, 0.4) is 0 Å². The van der Waals surface area contributed by atoms with Crippen molar-refractivity contribution in [2.75, 3.05) is 19.3 Å². The maximum absolute atomic E-state index is 11.6. The third kappa shape index (κ3) is 6.07. The number of sulfonamides is 1. The normalized spacial score (nSPS) is 12.9. The molecule has 0 aromatic rings. The molecule has 6 heteroatoms. The fourth-order valence-electron chi connectivity index (χ4n) is 1.17. The Hall–Kier alpha value is -0.620. The summed E-state index contributed by atoms with van der Waals surface area (Å²) in [6.07, 6.45) is 0.549. The van der Waals surface area contributed by atoms with Crippen LogP contribution >= 0.6 is 0 Å². The predicted octanol–water partition coefficient (Wildman–Crippen LogP) is 0.573. The third-order valence-corrected chi connectivity index (χ3v) is 3.82. The number of hydrogen-bond donors (Lipinski definition) is 1. The molecule has 0 aliphatic carbocycles. The van der Waals surface area contributed by atoms with E-state index in [1.165, 1.54) is 7.05 Å². The van der Waals surface area contributed by atoms with Gasteiger partial charge in [0.1, 0.15) is 0 Å². The van der Waals surface area contributed by atoms with Crippen LogP contribution in [-0.4, -0.2) is 43.5 Å². The Labute approximate surface area is 98.3 Å². The predicted molar refractivity (Wildman–Crippen MR) is 64.6 cm³/mol. The van der Waals surface area contributed by atoms with Gasteiger partial charge in [0.05, 0.1) is 12.3 Å². The van der Waals surface area contributed by atoms with Gasteiger partial charge in [0.2, 0.25) is 15.9 Å². The molecule has 0 radical (unpaired) electrons. The summed E-state index contributed by atoms with van der Waals surface area (Å²) in [6.45, 7) is 7.22. The van der Waals surface area contributed by atoms with Gasteiger partial charge in [-0.3, -0.25) is 4.79 Å². The zero-order chi connectivity index (χ0) is 13.0. The summed E-state index contributed by atoms with van der Waals surface area (Å²) in [7, 11) is -1.86. The van der Waals surface area contributed by atoms with Crippen LogP contribution in [0.4, 0.5) is 0 Å². The summed E-state index contributed by atoms with van der Waals surface area (Å²) in [5.41, 5.74) is -0.341. The van der Waals surface area contributed by atoms with Crippen molar-refractivity contribution < 1.29 is 13.2 Å². The topological polar surface area (TPSA) is 66.5 Å². The molecule has 0 unspecified atom stereocenters. The van der Waals surface area contributed by atoms with Crippen LogP contribution in [-0.2, 0) is 14.8 Å². The van der Waals surface area contributed by atoms with Gasteiger partial charge in [-0.1, -0.05) is 6.92 Å². The lowest BCUT2D eigenvalue weighted by Crippen LogP contribution is -2.46. The minimum Gasteiger partial charge on any atom is -0.350 e.